The molecule has 1 aromatic heterocycles. The number of phenols is 1. The van der Waals surface area contributed by atoms with E-state index in [1.807, 2.05) is 12.1 Å². The fraction of sp³-hybridized carbons (Fsp3) is 0.0667. The minimum absolute atomic E-state index is 0.166. The monoisotopic (exact) mass is 424 g/mol. The highest BCUT2D eigenvalue weighted by atomic mass is 79.9. The Morgan fingerprint density at radius 3 is 2.86 bits per heavy atom. The molecule has 2 aromatic carbocycles. The van der Waals surface area contributed by atoms with Gasteiger partial charge in [-0.1, -0.05) is 33.3 Å². The lowest BCUT2D eigenvalue weighted by Crippen LogP contribution is -1.84. The molecular weight excluding hydrogens is 416 g/mol. The zero-order chi connectivity index (χ0) is 15.0. The highest BCUT2D eigenvalue weighted by Crippen LogP contribution is 2.32. The number of hydrogen-bond donors (Lipinski definition) is 1. The molecule has 0 bridgehead atoms. The first kappa shape index (κ1) is 14.7. The average molecular weight is 426 g/mol. The van der Waals surface area contributed by atoms with E-state index in [-0.39, 0.29) is 5.75 Å². The van der Waals surface area contributed by atoms with Crippen LogP contribution in [0.4, 0.5) is 5.13 Å². The number of halogens is 2. The third kappa shape index (κ3) is 3.17. The topological polar surface area (TPSA) is 45.5 Å². The molecular formula is C15H10Br2N2OS. The number of hydrogen-bond acceptors (Lipinski definition) is 4. The lowest BCUT2D eigenvalue weighted by Gasteiger charge is -2.02. The van der Waals surface area contributed by atoms with Crippen molar-refractivity contribution < 1.29 is 5.11 Å². The number of phenolic OH excluding ortho intramolecular Hbond substituents is 1. The minimum atomic E-state index is 0.166. The van der Waals surface area contributed by atoms with Crippen LogP contribution in [0.25, 0.3) is 10.2 Å². The Morgan fingerprint density at radius 2 is 2.05 bits per heavy atom. The number of aromatic nitrogens is 1. The minimum Gasteiger partial charge on any atom is -0.506 e. The van der Waals surface area contributed by atoms with E-state index >= 15 is 0 Å². The first-order valence-corrected chi connectivity index (χ1v) is 8.52. The van der Waals surface area contributed by atoms with Gasteiger partial charge in [-0.25, -0.2) is 9.98 Å². The Labute approximate surface area is 142 Å². The first-order chi connectivity index (χ1) is 10.0. The van der Waals surface area contributed by atoms with E-state index in [0.717, 1.165) is 14.7 Å². The molecule has 0 aliphatic carbocycles. The molecule has 0 aliphatic rings. The van der Waals surface area contributed by atoms with Crippen LogP contribution >= 0.6 is 43.2 Å². The Morgan fingerprint density at radius 1 is 1.24 bits per heavy atom. The van der Waals surface area contributed by atoms with Gasteiger partial charge in [-0.05, 0) is 52.7 Å². The smallest absolute Gasteiger partial charge is 0.210 e. The molecule has 0 aliphatic heterocycles. The summed E-state index contributed by atoms with van der Waals surface area (Å²) in [5.74, 6) is 0.166. The Balaban J connectivity index is 1.98. The van der Waals surface area contributed by atoms with E-state index in [1.165, 1.54) is 16.9 Å². The van der Waals surface area contributed by atoms with Crippen molar-refractivity contribution in [2.75, 3.05) is 0 Å². The molecule has 0 saturated heterocycles. The van der Waals surface area contributed by atoms with Gasteiger partial charge in [-0.2, -0.15) is 0 Å². The molecule has 106 valence electrons. The van der Waals surface area contributed by atoms with Crippen LogP contribution in [0.2, 0.25) is 0 Å². The predicted octanol–water partition coefficient (Wildman–Crippen LogP) is 5.59. The molecule has 6 heteroatoms. The highest BCUT2D eigenvalue weighted by Gasteiger charge is 2.06. The van der Waals surface area contributed by atoms with Crippen LogP contribution in [0, 0.1) is 6.92 Å². The SMILES string of the molecule is Cc1ccc2nc(/N=C/c3cc(Br)cc(Br)c3O)sc2c1. The summed E-state index contributed by atoms with van der Waals surface area (Å²) < 4.78 is 2.61. The maximum absolute atomic E-state index is 10.0. The lowest BCUT2D eigenvalue weighted by atomic mass is 10.2. The van der Waals surface area contributed by atoms with Crippen LogP contribution in [0.5, 0.6) is 5.75 Å². The Kier molecular flexibility index (Phi) is 4.10. The van der Waals surface area contributed by atoms with Gasteiger partial charge in [0.15, 0.2) is 0 Å². The molecule has 0 fully saturated rings. The number of aliphatic imine (C=N–C) groups is 1. The number of rotatable bonds is 2. The normalized spacial score (nSPS) is 11.6. The number of thiazole rings is 1. The van der Waals surface area contributed by atoms with Gasteiger partial charge in [-0.15, -0.1) is 0 Å². The fourth-order valence-electron chi connectivity index (χ4n) is 1.88. The van der Waals surface area contributed by atoms with Gasteiger partial charge in [0, 0.05) is 16.3 Å². The molecule has 0 spiro atoms. The largest absolute Gasteiger partial charge is 0.506 e. The van der Waals surface area contributed by atoms with E-state index in [9.17, 15) is 5.11 Å². The van der Waals surface area contributed by atoms with Crippen LogP contribution in [-0.4, -0.2) is 16.3 Å². The van der Waals surface area contributed by atoms with E-state index in [4.69, 9.17) is 0 Å². The average Bonchev–Trinajstić information content (AvgIpc) is 2.83. The van der Waals surface area contributed by atoms with Crippen molar-refractivity contribution in [1.29, 1.82) is 0 Å². The van der Waals surface area contributed by atoms with Crippen LogP contribution in [0.15, 0.2) is 44.3 Å². The van der Waals surface area contributed by atoms with Gasteiger partial charge in [0.25, 0.3) is 0 Å². The van der Waals surface area contributed by atoms with Crippen LogP contribution in [-0.2, 0) is 0 Å². The molecule has 0 amide bonds. The molecule has 0 radical (unpaired) electrons. The standard InChI is InChI=1S/C15H10Br2N2OS/c1-8-2-3-12-13(4-8)21-15(19-12)18-7-9-5-10(16)6-11(17)14(9)20/h2-7,20H,1H3/b18-7+. The highest BCUT2D eigenvalue weighted by molar-refractivity contribution is 9.11. The summed E-state index contributed by atoms with van der Waals surface area (Å²) in [5.41, 5.74) is 2.78. The number of benzene rings is 2. The molecule has 3 aromatic rings. The van der Waals surface area contributed by atoms with E-state index in [0.29, 0.717) is 15.2 Å². The van der Waals surface area contributed by atoms with Gasteiger partial charge >= 0.3 is 0 Å². The van der Waals surface area contributed by atoms with Crippen molar-refractivity contribution in [2.24, 2.45) is 4.99 Å². The second-order valence-corrected chi connectivity index (χ2v) is 7.33. The number of fused-ring (bicyclic) bond motifs is 1. The summed E-state index contributed by atoms with van der Waals surface area (Å²) in [7, 11) is 0. The lowest BCUT2D eigenvalue weighted by molar-refractivity contribution is 0.471. The molecule has 1 heterocycles. The molecule has 0 atom stereocenters. The predicted molar refractivity (Wildman–Crippen MR) is 95.1 cm³/mol. The number of aromatic hydroxyl groups is 1. The molecule has 0 saturated carbocycles. The van der Waals surface area contributed by atoms with Crippen molar-refractivity contribution in [3.05, 3.63) is 50.4 Å². The summed E-state index contributed by atoms with van der Waals surface area (Å²) in [5, 5.41) is 10.7. The zero-order valence-corrected chi connectivity index (χ0v) is 15.0. The molecule has 3 rings (SSSR count). The summed E-state index contributed by atoms with van der Waals surface area (Å²) >= 11 is 8.23. The van der Waals surface area contributed by atoms with Crippen LogP contribution < -0.4 is 0 Å². The van der Waals surface area contributed by atoms with Crippen LogP contribution in [0.1, 0.15) is 11.1 Å². The molecule has 1 N–H and O–H groups in total. The maximum Gasteiger partial charge on any atom is 0.210 e. The third-order valence-electron chi connectivity index (χ3n) is 2.90. The Hall–Kier alpha value is -1.24. The van der Waals surface area contributed by atoms with Gasteiger partial charge < -0.3 is 5.11 Å². The zero-order valence-electron chi connectivity index (χ0n) is 11.0. The third-order valence-corrected chi connectivity index (χ3v) is 4.89. The van der Waals surface area contributed by atoms with Crippen LogP contribution in [0.3, 0.4) is 0 Å². The summed E-state index contributed by atoms with van der Waals surface area (Å²) in [6.07, 6.45) is 1.62. The number of nitrogens with zero attached hydrogens (tertiary/aromatic N) is 2. The van der Waals surface area contributed by atoms with Gasteiger partial charge in [0.05, 0.1) is 14.7 Å². The van der Waals surface area contributed by atoms with Gasteiger partial charge in [0.1, 0.15) is 5.75 Å². The van der Waals surface area contributed by atoms with Crippen molar-refractivity contribution in [1.82, 2.24) is 4.98 Å². The summed E-state index contributed by atoms with van der Waals surface area (Å²) in [6.45, 7) is 2.05. The van der Waals surface area contributed by atoms with Crippen molar-refractivity contribution in [2.45, 2.75) is 6.92 Å². The second-order valence-electron chi connectivity index (χ2n) is 4.55. The van der Waals surface area contributed by atoms with Gasteiger partial charge in [-0.3, -0.25) is 0 Å². The van der Waals surface area contributed by atoms with Crippen molar-refractivity contribution in [3.63, 3.8) is 0 Å². The van der Waals surface area contributed by atoms with Crippen molar-refractivity contribution in [3.8, 4) is 5.75 Å². The second kappa shape index (κ2) is 5.87. The molecule has 21 heavy (non-hydrogen) atoms. The first-order valence-electron chi connectivity index (χ1n) is 6.12. The van der Waals surface area contributed by atoms with Gasteiger partial charge in [0.2, 0.25) is 5.13 Å². The summed E-state index contributed by atoms with van der Waals surface area (Å²) in [4.78, 5) is 8.83. The summed E-state index contributed by atoms with van der Waals surface area (Å²) in [6, 6.07) is 9.72. The van der Waals surface area contributed by atoms with E-state index < -0.39 is 0 Å². The quantitative estimate of drug-likeness (QED) is 0.544. The maximum atomic E-state index is 10.0. The number of aryl methyl sites for hydroxylation is 1. The Bertz CT molecular complexity index is 858. The van der Waals surface area contributed by atoms with E-state index in [2.05, 4.69) is 54.8 Å². The van der Waals surface area contributed by atoms with Crippen molar-refractivity contribution >= 4 is 64.8 Å². The van der Waals surface area contributed by atoms with E-state index in [1.54, 1.807) is 18.3 Å². The fourth-order valence-corrected chi connectivity index (χ4v) is 4.05. The molecule has 0 unspecified atom stereocenters. The molecule has 3 nitrogen and oxygen atoms in total.